The third kappa shape index (κ3) is 1.78. The minimum absolute atomic E-state index is 0.421. The summed E-state index contributed by atoms with van der Waals surface area (Å²) in [7, 11) is 0. The molecule has 5 heteroatoms. The highest BCUT2D eigenvalue weighted by atomic mass is 16.6. The zero-order valence-corrected chi connectivity index (χ0v) is 9.59. The summed E-state index contributed by atoms with van der Waals surface area (Å²) in [5.74, 6) is 1.62. The standard InChI is InChI=1S/C13H11N3O2/c14-8-10(13-15-3-4-16-13)9-1-2-11-12(7-9)18-6-5-17-11/h1-4,7,10H,5-6H2,(H,15,16). The van der Waals surface area contributed by atoms with Crippen LogP contribution >= 0.6 is 0 Å². The number of nitrogens with zero attached hydrogens (tertiary/aromatic N) is 2. The Labute approximate surface area is 104 Å². The van der Waals surface area contributed by atoms with Crippen molar-refractivity contribution in [2.45, 2.75) is 5.92 Å². The topological polar surface area (TPSA) is 70.9 Å². The molecule has 1 aromatic heterocycles. The Balaban J connectivity index is 1.99. The second-order valence-electron chi connectivity index (χ2n) is 3.94. The molecule has 1 atom stereocenters. The number of rotatable bonds is 2. The molecule has 1 aromatic carbocycles. The number of benzene rings is 1. The Hall–Kier alpha value is -2.48. The number of hydrogen-bond acceptors (Lipinski definition) is 4. The highest BCUT2D eigenvalue weighted by Crippen LogP contribution is 2.34. The zero-order valence-electron chi connectivity index (χ0n) is 9.59. The maximum absolute atomic E-state index is 9.27. The molecule has 0 bridgehead atoms. The van der Waals surface area contributed by atoms with Gasteiger partial charge in [0.15, 0.2) is 11.5 Å². The van der Waals surface area contributed by atoms with Crippen LogP contribution in [0, 0.1) is 11.3 Å². The van der Waals surface area contributed by atoms with E-state index < -0.39 is 5.92 Å². The molecule has 0 fully saturated rings. The van der Waals surface area contributed by atoms with Crippen LogP contribution in [-0.2, 0) is 0 Å². The highest BCUT2D eigenvalue weighted by molar-refractivity contribution is 5.47. The first kappa shape index (κ1) is 10.7. The second-order valence-corrected chi connectivity index (χ2v) is 3.94. The average Bonchev–Trinajstić information content (AvgIpc) is 2.93. The highest BCUT2D eigenvalue weighted by Gasteiger charge is 2.19. The van der Waals surface area contributed by atoms with Crippen molar-refractivity contribution in [2.24, 2.45) is 0 Å². The monoisotopic (exact) mass is 241 g/mol. The van der Waals surface area contributed by atoms with Gasteiger partial charge in [-0.25, -0.2) is 4.98 Å². The average molecular weight is 241 g/mol. The van der Waals surface area contributed by atoms with Gasteiger partial charge in [0.1, 0.15) is 25.0 Å². The quantitative estimate of drug-likeness (QED) is 0.870. The predicted molar refractivity (Wildman–Crippen MR) is 63.5 cm³/mol. The molecule has 5 nitrogen and oxygen atoms in total. The van der Waals surface area contributed by atoms with Gasteiger partial charge in [-0.05, 0) is 17.7 Å². The molecule has 1 aliphatic heterocycles. The molecule has 2 heterocycles. The fourth-order valence-electron chi connectivity index (χ4n) is 1.97. The summed E-state index contributed by atoms with van der Waals surface area (Å²) < 4.78 is 11.0. The van der Waals surface area contributed by atoms with Gasteiger partial charge in [0.2, 0.25) is 0 Å². The summed E-state index contributed by atoms with van der Waals surface area (Å²) in [5.41, 5.74) is 0.844. The van der Waals surface area contributed by atoms with Crippen LogP contribution in [0.25, 0.3) is 0 Å². The summed E-state index contributed by atoms with van der Waals surface area (Å²) in [6, 6.07) is 7.77. The first-order valence-corrected chi connectivity index (χ1v) is 5.67. The lowest BCUT2D eigenvalue weighted by atomic mass is 9.99. The summed E-state index contributed by atoms with van der Waals surface area (Å²) in [4.78, 5) is 7.09. The van der Waals surface area contributed by atoms with Gasteiger partial charge >= 0.3 is 0 Å². The number of H-pyrrole nitrogens is 1. The Bertz CT molecular complexity index is 587. The third-order valence-corrected chi connectivity index (χ3v) is 2.82. The lowest BCUT2D eigenvalue weighted by Gasteiger charge is -2.19. The molecule has 2 aromatic rings. The molecule has 0 aliphatic carbocycles. The van der Waals surface area contributed by atoms with E-state index in [0.29, 0.717) is 24.8 Å². The van der Waals surface area contributed by atoms with E-state index in [4.69, 9.17) is 9.47 Å². The number of hydrogen-bond donors (Lipinski definition) is 1. The number of ether oxygens (including phenoxy) is 2. The van der Waals surface area contributed by atoms with E-state index in [1.807, 2.05) is 18.2 Å². The predicted octanol–water partition coefficient (Wildman–Crippen LogP) is 1.84. The van der Waals surface area contributed by atoms with Crippen LogP contribution in [0.5, 0.6) is 11.5 Å². The van der Waals surface area contributed by atoms with E-state index in [1.54, 1.807) is 12.4 Å². The molecule has 0 saturated heterocycles. The Kier molecular flexibility index (Phi) is 2.61. The van der Waals surface area contributed by atoms with Crippen molar-refractivity contribution < 1.29 is 9.47 Å². The van der Waals surface area contributed by atoms with Crippen LogP contribution in [0.2, 0.25) is 0 Å². The fraction of sp³-hybridized carbons (Fsp3) is 0.231. The van der Waals surface area contributed by atoms with Crippen molar-refractivity contribution in [3.8, 4) is 17.6 Å². The van der Waals surface area contributed by atoms with Crippen molar-refractivity contribution in [2.75, 3.05) is 13.2 Å². The van der Waals surface area contributed by atoms with Crippen LogP contribution < -0.4 is 9.47 Å². The summed E-state index contributed by atoms with van der Waals surface area (Å²) >= 11 is 0. The molecule has 0 saturated carbocycles. The molecule has 0 spiro atoms. The second kappa shape index (κ2) is 4.41. The van der Waals surface area contributed by atoms with Crippen molar-refractivity contribution >= 4 is 0 Å². The lowest BCUT2D eigenvalue weighted by molar-refractivity contribution is 0.171. The summed E-state index contributed by atoms with van der Waals surface area (Å²) in [6.07, 6.45) is 3.34. The molecule has 3 rings (SSSR count). The van der Waals surface area contributed by atoms with Crippen molar-refractivity contribution in [3.63, 3.8) is 0 Å². The molecule has 18 heavy (non-hydrogen) atoms. The minimum Gasteiger partial charge on any atom is -0.486 e. The van der Waals surface area contributed by atoms with E-state index in [0.717, 1.165) is 11.3 Å². The van der Waals surface area contributed by atoms with Gasteiger partial charge in [0.05, 0.1) is 6.07 Å². The van der Waals surface area contributed by atoms with Crippen molar-refractivity contribution in [1.82, 2.24) is 9.97 Å². The number of fused-ring (bicyclic) bond motifs is 1. The number of aromatic amines is 1. The van der Waals surface area contributed by atoms with Crippen LogP contribution in [-0.4, -0.2) is 23.2 Å². The zero-order chi connectivity index (χ0) is 12.4. The molecule has 0 amide bonds. The molecular weight excluding hydrogens is 230 g/mol. The molecule has 0 radical (unpaired) electrons. The number of nitrogens with one attached hydrogen (secondary N) is 1. The van der Waals surface area contributed by atoms with Gasteiger partial charge in [0.25, 0.3) is 0 Å². The first-order chi connectivity index (χ1) is 8.88. The van der Waals surface area contributed by atoms with Gasteiger partial charge < -0.3 is 14.5 Å². The SMILES string of the molecule is N#CC(c1ccc2c(c1)OCCO2)c1ncc[nH]1. The van der Waals surface area contributed by atoms with Crippen LogP contribution in [0.15, 0.2) is 30.6 Å². The molecule has 1 N–H and O–H groups in total. The molecular formula is C13H11N3O2. The number of nitriles is 1. The Morgan fingerprint density at radius 3 is 2.83 bits per heavy atom. The minimum atomic E-state index is -0.421. The van der Waals surface area contributed by atoms with E-state index in [2.05, 4.69) is 16.0 Å². The Morgan fingerprint density at radius 1 is 1.28 bits per heavy atom. The molecule has 90 valence electrons. The number of aromatic nitrogens is 2. The lowest BCUT2D eigenvalue weighted by Crippen LogP contribution is -2.15. The largest absolute Gasteiger partial charge is 0.486 e. The van der Waals surface area contributed by atoms with Gasteiger partial charge in [-0.3, -0.25) is 0 Å². The van der Waals surface area contributed by atoms with E-state index in [1.165, 1.54) is 0 Å². The summed E-state index contributed by atoms with van der Waals surface area (Å²) in [6.45, 7) is 1.10. The van der Waals surface area contributed by atoms with Gasteiger partial charge in [-0.15, -0.1) is 0 Å². The van der Waals surface area contributed by atoms with E-state index >= 15 is 0 Å². The maximum Gasteiger partial charge on any atom is 0.161 e. The Morgan fingerprint density at radius 2 is 2.11 bits per heavy atom. The molecule has 1 unspecified atom stereocenters. The molecule has 1 aliphatic rings. The van der Waals surface area contributed by atoms with Crippen molar-refractivity contribution in [3.05, 3.63) is 42.0 Å². The first-order valence-electron chi connectivity index (χ1n) is 5.67. The van der Waals surface area contributed by atoms with Crippen LogP contribution in [0.4, 0.5) is 0 Å². The fourth-order valence-corrected chi connectivity index (χ4v) is 1.97. The van der Waals surface area contributed by atoms with Crippen molar-refractivity contribution in [1.29, 1.82) is 5.26 Å². The maximum atomic E-state index is 9.27. The van der Waals surface area contributed by atoms with Gasteiger partial charge in [-0.2, -0.15) is 5.26 Å². The van der Waals surface area contributed by atoms with Crippen LogP contribution in [0.1, 0.15) is 17.3 Å². The normalized spacial score (nSPS) is 14.8. The van der Waals surface area contributed by atoms with Gasteiger partial charge in [-0.1, -0.05) is 6.07 Å². The number of imidazole rings is 1. The smallest absolute Gasteiger partial charge is 0.161 e. The third-order valence-electron chi connectivity index (χ3n) is 2.82. The van der Waals surface area contributed by atoms with E-state index in [-0.39, 0.29) is 0 Å². The summed E-state index contributed by atoms with van der Waals surface area (Å²) in [5, 5.41) is 9.27. The van der Waals surface area contributed by atoms with Crippen LogP contribution in [0.3, 0.4) is 0 Å². The van der Waals surface area contributed by atoms with Gasteiger partial charge in [0, 0.05) is 12.4 Å². The van der Waals surface area contributed by atoms with E-state index in [9.17, 15) is 5.26 Å².